The normalized spacial score (nSPS) is 19.5. The third kappa shape index (κ3) is 3.73. The van der Waals surface area contributed by atoms with Crippen LogP contribution in [0.1, 0.15) is 31.2 Å². The maximum Gasteiger partial charge on any atom is 0.317 e. The van der Waals surface area contributed by atoms with E-state index >= 15 is 0 Å². The maximum atomic E-state index is 12.2. The summed E-state index contributed by atoms with van der Waals surface area (Å²) in [5.41, 5.74) is 2.56. The maximum absolute atomic E-state index is 12.2. The Kier molecular flexibility index (Phi) is 4.86. The van der Waals surface area contributed by atoms with Gasteiger partial charge >= 0.3 is 6.03 Å². The average molecular weight is 301 g/mol. The molecule has 120 valence electrons. The molecular formula is C18H27N3O. The SMILES string of the molecule is Cc1cccc(N2CCN(C(=O)NCC3CCCC3)CC2)c1. The number of carbonyl (C=O) groups excluding carboxylic acids is 1. The number of hydrogen-bond donors (Lipinski definition) is 1. The van der Waals surface area contributed by atoms with Gasteiger partial charge in [-0.2, -0.15) is 0 Å². The van der Waals surface area contributed by atoms with Gasteiger partial charge in [-0.05, 0) is 43.4 Å². The Hall–Kier alpha value is -1.71. The molecule has 1 saturated heterocycles. The summed E-state index contributed by atoms with van der Waals surface area (Å²) in [7, 11) is 0. The Morgan fingerprint density at radius 2 is 1.91 bits per heavy atom. The number of benzene rings is 1. The molecule has 4 nitrogen and oxygen atoms in total. The van der Waals surface area contributed by atoms with Crippen molar-refractivity contribution < 1.29 is 4.79 Å². The predicted octanol–water partition coefficient (Wildman–Crippen LogP) is 3.02. The topological polar surface area (TPSA) is 35.6 Å². The fourth-order valence-corrected chi connectivity index (χ4v) is 3.55. The van der Waals surface area contributed by atoms with Crippen LogP contribution in [0.2, 0.25) is 0 Å². The molecule has 2 aliphatic rings. The summed E-state index contributed by atoms with van der Waals surface area (Å²) in [4.78, 5) is 16.6. The zero-order chi connectivity index (χ0) is 15.4. The highest BCUT2D eigenvalue weighted by Gasteiger charge is 2.22. The number of hydrogen-bond acceptors (Lipinski definition) is 2. The zero-order valence-corrected chi connectivity index (χ0v) is 13.6. The van der Waals surface area contributed by atoms with E-state index in [1.54, 1.807) is 0 Å². The van der Waals surface area contributed by atoms with E-state index < -0.39 is 0 Å². The Balaban J connectivity index is 1.45. The number of nitrogens with zero attached hydrogens (tertiary/aromatic N) is 2. The quantitative estimate of drug-likeness (QED) is 0.931. The van der Waals surface area contributed by atoms with Crippen molar-refractivity contribution in [2.75, 3.05) is 37.6 Å². The van der Waals surface area contributed by atoms with Crippen molar-refractivity contribution in [2.45, 2.75) is 32.6 Å². The van der Waals surface area contributed by atoms with Crippen molar-refractivity contribution in [3.63, 3.8) is 0 Å². The lowest BCUT2D eigenvalue weighted by atomic mass is 10.1. The first-order valence-corrected chi connectivity index (χ1v) is 8.57. The molecule has 0 spiro atoms. The van der Waals surface area contributed by atoms with Crippen LogP contribution >= 0.6 is 0 Å². The highest BCUT2D eigenvalue weighted by Crippen LogP contribution is 2.23. The number of rotatable bonds is 3. The van der Waals surface area contributed by atoms with Crippen molar-refractivity contribution in [1.82, 2.24) is 10.2 Å². The number of aryl methyl sites for hydroxylation is 1. The van der Waals surface area contributed by atoms with Crippen LogP contribution in [0.25, 0.3) is 0 Å². The Morgan fingerprint density at radius 3 is 2.59 bits per heavy atom. The minimum Gasteiger partial charge on any atom is -0.368 e. The summed E-state index contributed by atoms with van der Waals surface area (Å²) < 4.78 is 0. The minimum atomic E-state index is 0.121. The van der Waals surface area contributed by atoms with Gasteiger partial charge in [0.15, 0.2) is 0 Å². The van der Waals surface area contributed by atoms with Gasteiger partial charge in [-0.25, -0.2) is 4.79 Å². The third-order valence-electron chi connectivity index (χ3n) is 4.95. The van der Waals surface area contributed by atoms with E-state index in [1.807, 2.05) is 4.90 Å². The van der Waals surface area contributed by atoms with Gasteiger partial charge < -0.3 is 15.1 Å². The van der Waals surface area contributed by atoms with Crippen LogP contribution in [0.15, 0.2) is 24.3 Å². The van der Waals surface area contributed by atoms with Gasteiger partial charge in [-0.1, -0.05) is 25.0 Å². The van der Waals surface area contributed by atoms with Gasteiger partial charge in [-0.15, -0.1) is 0 Å². The van der Waals surface area contributed by atoms with Crippen LogP contribution in [-0.2, 0) is 0 Å². The summed E-state index contributed by atoms with van der Waals surface area (Å²) in [5, 5.41) is 3.13. The molecule has 1 aliphatic heterocycles. The molecule has 1 saturated carbocycles. The average Bonchev–Trinajstić information content (AvgIpc) is 3.06. The van der Waals surface area contributed by atoms with Crippen LogP contribution in [-0.4, -0.2) is 43.7 Å². The molecule has 0 atom stereocenters. The molecule has 3 rings (SSSR count). The van der Waals surface area contributed by atoms with Gasteiger partial charge in [-0.3, -0.25) is 0 Å². The molecular weight excluding hydrogens is 274 g/mol. The minimum absolute atomic E-state index is 0.121. The summed E-state index contributed by atoms with van der Waals surface area (Å²) >= 11 is 0. The summed E-state index contributed by atoms with van der Waals surface area (Å²) in [6.07, 6.45) is 5.22. The molecule has 22 heavy (non-hydrogen) atoms. The van der Waals surface area contributed by atoms with Gasteiger partial charge in [0.2, 0.25) is 0 Å². The number of nitrogens with one attached hydrogen (secondary N) is 1. The second kappa shape index (κ2) is 7.03. The molecule has 1 heterocycles. The standard InChI is InChI=1S/C18H27N3O/c1-15-5-4-8-17(13-15)20-9-11-21(12-10-20)18(22)19-14-16-6-2-3-7-16/h4-5,8,13,16H,2-3,6-7,9-12,14H2,1H3,(H,19,22). The van der Waals surface area contributed by atoms with E-state index in [4.69, 9.17) is 0 Å². The molecule has 1 N–H and O–H groups in total. The second-order valence-electron chi connectivity index (χ2n) is 6.65. The first kappa shape index (κ1) is 15.2. The number of piperazine rings is 1. The van der Waals surface area contributed by atoms with Crippen LogP contribution in [0.3, 0.4) is 0 Å². The highest BCUT2D eigenvalue weighted by atomic mass is 16.2. The largest absolute Gasteiger partial charge is 0.368 e. The monoisotopic (exact) mass is 301 g/mol. The van der Waals surface area contributed by atoms with Gasteiger partial charge in [0.25, 0.3) is 0 Å². The number of urea groups is 1. The third-order valence-corrected chi connectivity index (χ3v) is 4.95. The zero-order valence-electron chi connectivity index (χ0n) is 13.6. The number of amides is 2. The first-order valence-electron chi connectivity index (χ1n) is 8.57. The number of anilines is 1. The number of carbonyl (C=O) groups is 1. The van der Waals surface area contributed by atoms with E-state index in [0.29, 0.717) is 5.92 Å². The van der Waals surface area contributed by atoms with E-state index in [9.17, 15) is 4.79 Å². The predicted molar refractivity (Wildman–Crippen MR) is 90.3 cm³/mol. The van der Waals surface area contributed by atoms with Crippen LogP contribution in [0.5, 0.6) is 0 Å². The van der Waals surface area contributed by atoms with Crippen LogP contribution in [0, 0.1) is 12.8 Å². The van der Waals surface area contributed by atoms with Crippen molar-refractivity contribution in [3.05, 3.63) is 29.8 Å². The summed E-state index contributed by atoms with van der Waals surface area (Å²) in [6, 6.07) is 8.72. The Bertz CT molecular complexity index is 503. The van der Waals surface area contributed by atoms with Crippen LogP contribution < -0.4 is 10.2 Å². The molecule has 2 amide bonds. The van der Waals surface area contributed by atoms with E-state index in [0.717, 1.165) is 32.7 Å². The van der Waals surface area contributed by atoms with Crippen molar-refractivity contribution in [3.8, 4) is 0 Å². The molecule has 4 heteroatoms. The molecule has 0 unspecified atom stereocenters. The smallest absolute Gasteiger partial charge is 0.317 e. The van der Waals surface area contributed by atoms with E-state index in [-0.39, 0.29) is 6.03 Å². The van der Waals surface area contributed by atoms with Crippen molar-refractivity contribution in [1.29, 1.82) is 0 Å². The van der Waals surface area contributed by atoms with Crippen molar-refractivity contribution in [2.24, 2.45) is 5.92 Å². The lowest BCUT2D eigenvalue weighted by molar-refractivity contribution is 0.192. The summed E-state index contributed by atoms with van der Waals surface area (Å²) in [6.45, 7) is 6.43. The molecule has 1 aliphatic carbocycles. The lowest BCUT2D eigenvalue weighted by Crippen LogP contribution is -2.52. The fourth-order valence-electron chi connectivity index (χ4n) is 3.55. The fraction of sp³-hybridized carbons (Fsp3) is 0.611. The molecule has 0 bridgehead atoms. The molecule has 1 aromatic carbocycles. The second-order valence-corrected chi connectivity index (χ2v) is 6.65. The summed E-state index contributed by atoms with van der Waals surface area (Å²) in [5.74, 6) is 0.706. The Labute approximate surface area is 133 Å². The van der Waals surface area contributed by atoms with Gasteiger partial charge in [0.1, 0.15) is 0 Å². The highest BCUT2D eigenvalue weighted by molar-refractivity contribution is 5.74. The first-order chi connectivity index (χ1) is 10.7. The lowest BCUT2D eigenvalue weighted by Gasteiger charge is -2.36. The van der Waals surface area contributed by atoms with E-state index in [2.05, 4.69) is 41.4 Å². The van der Waals surface area contributed by atoms with Gasteiger partial charge in [0, 0.05) is 38.4 Å². The van der Waals surface area contributed by atoms with Crippen LogP contribution in [0.4, 0.5) is 10.5 Å². The molecule has 1 aromatic rings. The van der Waals surface area contributed by atoms with E-state index in [1.165, 1.54) is 36.9 Å². The van der Waals surface area contributed by atoms with Crippen molar-refractivity contribution >= 4 is 11.7 Å². The van der Waals surface area contributed by atoms with Gasteiger partial charge in [0.05, 0.1) is 0 Å². The molecule has 0 aromatic heterocycles. The Morgan fingerprint density at radius 1 is 1.18 bits per heavy atom. The molecule has 0 radical (unpaired) electrons. The molecule has 2 fully saturated rings.